The minimum atomic E-state index is -0.557. The van der Waals surface area contributed by atoms with Crippen molar-refractivity contribution in [2.75, 3.05) is 18.6 Å². The van der Waals surface area contributed by atoms with Crippen molar-refractivity contribution in [3.05, 3.63) is 35.9 Å². The number of hydrogen-bond acceptors (Lipinski definition) is 4. The van der Waals surface area contributed by atoms with Gasteiger partial charge in [-0.2, -0.15) is 0 Å². The highest BCUT2D eigenvalue weighted by Gasteiger charge is 2.53. The van der Waals surface area contributed by atoms with Crippen LogP contribution in [0.5, 0.6) is 0 Å². The number of rotatable bonds is 3. The van der Waals surface area contributed by atoms with E-state index in [2.05, 4.69) is 12.1 Å². The van der Waals surface area contributed by atoms with E-state index in [1.807, 2.05) is 55.6 Å². The topological polar surface area (TPSA) is 26.3 Å². The third-order valence-corrected chi connectivity index (χ3v) is 7.57. The molecule has 19 heavy (non-hydrogen) atoms. The Hall–Kier alpha value is -0.610. The molecule has 2 rings (SSSR count). The molecule has 0 spiro atoms. The van der Waals surface area contributed by atoms with E-state index < -0.39 is 5.41 Å². The fraction of sp³-hybridized carbons (Fsp3) is 0.533. The molecule has 1 aliphatic heterocycles. The van der Waals surface area contributed by atoms with E-state index in [0.717, 1.165) is 11.5 Å². The van der Waals surface area contributed by atoms with Gasteiger partial charge >= 0.3 is 5.97 Å². The second kappa shape index (κ2) is 5.80. The summed E-state index contributed by atoms with van der Waals surface area (Å²) >= 11 is 3.75. The molecule has 0 radical (unpaired) electrons. The molecule has 0 unspecified atom stereocenters. The molecule has 0 bridgehead atoms. The predicted molar refractivity (Wildman–Crippen MR) is 83.5 cm³/mol. The zero-order chi connectivity index (χ0) is 13.9. The molecule has 0 aliphatic carbocycles. The van der Waals surface area contributed by atoms with Gasteiger partial charge in [-0.3, -0.25) is 4.79 Å². The van der Waals surface area contributed by atoms with E-state index in [0.29, 0.717) is 0 Å². The van der Waals surface area contributed by atoms with Gasteiger partial charge in [-0.1, -0.05) is 30.3 Å². The van der Waals surface area contributed by atoms with Crippen LogP contribution in [0.4, 0.5) is 0 Å². The Morgan fingerprint density at radius 3 is 2.32 bits per heavy atom. The standard InChI is InChI=1S/C15H20O2S2/c1-14(2,13(16)17-3)15(18-10-7-11-19-15)12-8-5-4-6-9-12/h4-6,8-9H,7,10-11H2,1-3H3. The number of carbonyl (C=O) groups is 1. The second-order valence-corrected chi connectivity index (χ2v) is 8.03. The summed E-state index contributed by atoms with van der Waals surface area (Å²) in [5.41, 5.74) is 0.652. The Balaban J connectivity index is 2.49. The van der Waals surface area contributed by atoms with Gasteiger partial charge in [0.1, 0.15) is 4.08 Å². The molecule has 1 heterocycles. The van der Waals surface area contributed by atoms with Crippen molar-refractivity contribution in [3.63, 3.8) is 0 Å². The molecule has 0 N–H and O–H groups in total. The van der Waals surface area contributed by atoms with E-state index in [1.165, 1.54) is 19.1 Å². The summed E-state index contributed by atoms with van der Waals surface area (Å²) in [5, 5.41) is 0. The van der Waals surface area contributed by atoms with E-state index >= 15 is 0 Å². The normalized spacial score (nSPS) is 18.9. The number of carbonyl (C=O) groups excluding carboxylic acids is 1. The zero-order valence-corrected chi connectivity index (χ0v) is 13.3. The molecule has 4 heteroatoms. The molecule has 1 saturated heterocycles. The number of esters is 1. The zero-order valence-electron chi connectivity index (χ0n) is 11.6. The Morgan fingerprint density at radius 1 is 1.21 bits per heavy atom. The minimum Gasteiger partial charge on any atom is -0.469 e. The molecular formula is C15H20O2S2. The fourth-order valence-electron chi connectivity index (χ4n) is 2.47. The van der Waals surface area contributed by atoms with Crippen LogP contribution in [0, 0.1) is 5.41 Å². The average molecular weight is 296 g/mol. The number of thioether (sulfide) groups is 2. The maximum absolute atomic E-state index is 12.3. The van der Waals surface area contributed by atoms with Crippen LogP contribution in [0.2, 0.25) is 0 Å². The van der Waals surface area contributed by atoms with E-state index in [9.17, 15) is 4.79 Å². The quantitative estimate of drug-likeness (QED) is 0.790. The summed E-state index contributed by atoms with van der Waals surface area (Å²) in [7, 11) is 1.47. The Bertz CT molecular complexity index is 437. The van der Waals surface area contributed by atoms with E-state index in [1.54, 1.807) is 0 Å². The molecule has 1 aromatic rings. The van der Waals surface area contributed by atoms with Gasteiger partial charge in [0.15, 0.2) is 0 Å². The van der Waals surface area contributed by atoms with Crippen LogP contribution in [-0.2, 0) is 13.6 Å². The minimum absolute atomic E-state index is 0.141. The number of ether oxygens (including phenoxy) is 1. The van der Waals surface area contributed by atoms with Crippen molar-refractivity contribution in [1.82, 2.24) is 0 Å². The SMILES string of the molecule is COC(=O)C(C)(C)C1(c2ccccc2)SCCCS1. The molecule has 0 aromatic heterocycles. The largest absolute Gasteiger partial charge is 0.469 e. The van der Waals surface area contributed by atoms with Crippen LogP contribution in [0.3, 0.4) is 0 Å². The van der Waals surface area contributed by atoms with Crippen LogP contribution in [0.1, 0.15) is 25.8 Å². The Kier molecular flexibility index (Phi) is 4.51. The van der Waals surface area contributed by atoms with Gasteiger partial charge in [0, 0.05) is 0 Å². The fourth-order valence-corrected chi connectivity index (χ4v) is 6.13. The second-order valence-electron chi connectivity index (χ2n) is 5.15. The lowest BCUT2D eigenvalue weighted by atomic mass is 9.84. The lowest BCUT2D eigenvalue weighted by Gasteiger charge is -2.46. The first-order valence-electron chi connectivity index (χ1n) is 6.46. The van der Waals surface area contributed by atoms with Gasteiger partial charge in [-0.15, -0.1) is 23.5 Å². The van der Waals surface area contributed by atoms with Crippen LogP contribution < -0.4 is 0 Å². The van der Waals surface area contributed by atoms with Crippen molar-refractivity contribution < 1.29 is 9.53 Å². The molecule has 104 valence electrons. The van der Waals surface area contributed by atoms with Gasteiger partial charge in [0.05, 0.1) is 12.5 Å². The third kappa shape index (κ3) is 2.52. The van der Waals surface area contributed by atoms with E-state index in [-0.39, 0.29) is 10.0 Å². The number of benzene rings is 1. The molecule has 1 aromatic carbocycles. The molecule has 1 fully saturated rings. The van der Waals surface area contributed by atoms with Crippen LogP contribution >= 0.6 is 23.5 Å². The lowest BCUT2D eigenvalue weighted by molar-refractivity contribution is -0.151. The van der Waals surface area contributed by atoms with Gasteiger partial charge in [-0.05, 0) is 37.3 Å². The van der Waals surface area contributed by atoms with Gasteiger partial charge in [-0.25, -0.2) is 0 Å². The Morgan fingerprint density at radius 2 is 1.79 bits per heavy atom. The summed E-state index contributed by atoms with van der Waals surface area (Å²) < 4.78 is 4.80. The van der Waals surface area contributed by atoms with Crippen LogP contribution in [0.15, 0.2) is 30.3 Å². The maximum atomic E-state index is 12.3. The van der Waals surface area contributed by atoms with Crippen molar-refractivity contribution in [3.8, 4) is 0 Å². The lowest BCUT2D eigenvalue weighted by Crippen LogP contribution is -2.45. The van der Waals surface area contributed by atoms with Crippen molar-refractivity contribution in [2.45, 2.75) is 24.3 Å². The monoisotopic (exact) mass is 296 g/mol. The first kappa shape index (κ1) is 14.8. The van der Waals surface area contributed by atoms with Gasteiger partial charge in [0.2, 0.25) is 0 Å². The summed E-state index contributed by atoms with van der Waals surface area (Å²) in [5.74, 6) is 2.03. The summed E-state index contributed by atoms with van der Waals surface area (Å²) in [6, 6.07) is 10.3. The highest BCUT2D eigenvalue weighted by atomic mass is 32.2. The average Bonchev–Trinajstić information content (AvgIpc) is 2.47. The van der Waals surface area contributed by atoms with Gasteiger partial charge < -0.3 is 4.74 Å². The molecule has 0 saturated carbocycles. The molecule has 0 atom stereocenters. The van der Waals surface area contributed by atoms with Crippen LogP contribution in [-0.4, -0.2) is 24.6 Å². The van der Waals surface area contributed by atoms with E-state index in [4.69, 9.17) is 4.74 Å². The first-order valence-corrected chi connectivity index (χ1v) is 8.43. The summed E-state index contributed by atoms with van der Waals surface area (Å²) in [6.45, 7) is 3.99. The Labute approximate surface area is 123 Å². The third-order valence-electron chi connectivity index (χ3n) is 3.57. The van der Waals surface area contributed by atoms with Crippen molar-refractivity contribution in [2.24, 2.45) is 5.41 Å². The molecule has 1 aliphatic rings. The van der Waals surface area contributed by atoms with Gasteiger partial charge in [0.25, 0.3) is 0 Å². The van der Waals surface area contributed by atoms with Crippen LogP contribution in [0.25, 0.3) is 0 Å². The first-order chi connectivity index (χ1) is 9.04. The maximum Gasteiger partial charge on any atom is 0.313 e. The predicted octanol–water partition coefficient (Wildman–Crippen LogP) is 3.91. The molecule has 2 nitrogen and oxygen atoms in total. The van der Waals surface area contributed by atoms with Crippen molar-refractivity contribution >= 4 is 29.5 Å². The highest BCUT2D eigenvalue weighted by Crippen LogP contribution is 2.60. The highest BCUT2D eigenvalue weighted by molar-refractivity contribution is 8.18. The summed E-state index contributed by atoms with van der Waals surface area (Å²) in [4.78, 5) is 12.3. The smallest absolute Gasteiger partial charge is 0.313 e. The molecular weight excluding hydrogens is 276 g/mol. The molecule has 0 amide bonds. The number of hydrogen-bond donors (Lipinski definition) is 0. The van der Waals surface area contributed by atoms with Crippen molar-refractivity contribution in [1.29, 1.82) is 0 Å². The number of methoxy groups -OCH3 is 1. The summed E-state index contributed by atoms with van der Waals surface area (Å²) in [6.07, 6.45) is 1.20.